The normalized spacial score (nSPS) is 18.7. The van der Waals surface area contributed by atoms with E-state index in [1.165, 1.54) is 6.42 Å². The van der Waals surface area contributed by atoms with E-state index in [1.54, 1.807) is 23.1 Å². The number of esters is 1. The highest BCUT2D eigenvalue weighted by Gasteiger charge is 2.31. The van der Waals surface area contributed by atoms with Gasteiger partial charge in [-0.3, -0.25) is 4.79 Å². The largest absolute Gasteiger partial charge is 0.485 e. The summed E-state index contributed by atoms with van der Waals surface area (Å²) in [4.78, 5) is 27.2. The molecule has 1 heterocycles. The molecule has 1 fully saturated rings. The van der Waals surface area contributed by atoms with Gasteiger partial charge in [0.2, 0.25) is 6.10 Å². The lowest BCUT2D eigenvalue weighted by Crippen LogP contribution is -2.45. The lowest BCUT2D eigenvalue weighted by Gasteiger charge is -2.34. The molecule has 6 nitrogen and oxygen atoms in total. The first-order chi connectivity index (χ1) is 14.2. The number of hydrogen-bond acceptors (Lipinski definition) is 5. The van der Waals surface area contributed by atoms with Gasteiger partial charge < -0.3 is 19.1 Å². The monoisotopic (exact) mass is 395 g/mol. The van der Waals surface area contributed by atoms with Gasteiger partial charge >= 0.3 is 5.97 Å². The second-order valence-electron chi connectivity index (χ2n) is 7.36. The molecule has 1 saturated carbocycles. The molecule has 1 atom stereocenters. The van der Waals surface area contributed by atoms with Crippen molar-refractivity contribution in [2.45, 2.75) is 44.2 Å². The molecule has 2 aromatic carbocycles. The van der Waals surface area contributed by atoms with Gasteiger partial charge in [-0.1, -0.05) is 49.6 Å². The van der Waals surface area contributed by atoms with Crippen molar-refractivity contribution >= 4 is 17.6 Å². The Bertz CT molecular complexity index is 847. The average Bonchev–Trinajstić information content (AvgIpc) is 2.79. The maximum Gasteiger partial charge on any atom is 0.351 e. The van der Waals surface area contributed by atoms with Gasteiger partial charge in [-0.15, -0.1) is 0 Å². The number of anilines is 1. The maximum absolute atomic E-state index is 13.0. The van der Waals surface area contributed by atoms with Crippen molar-refractivity contribution in [3.63, 3.8) is 0 Å². The van der Waals surface area contributed by atoms with E-state index in [0.29, 0.717) is 11.5 Å². The minimum atomic E-state index is -0.877. The number of hydrogen-bond donors (Lipinski definition) is 0. The van der Waals surface area contributed by atoms with Crippen LogP contribution >= 0.6 is 0 Å². The lowest BCUT2D eigenvalue weighted by atomic mass is 9.93. The Balaban J connectivity index is 1.39. The van der Waals surface area contributed by atoms with Gasteiger partial charge in [0.05, 0.1) is 0 Å². The smallest absolute Gasteiger partial charge is 0.351 e. The molecule has 1 unspecified atom stereocenters. The van der Waals surface area contributed by atoms with Gasteiger partial charge in [-0.2, -0.15) is 0 Å². The van der Waals surface area contributed by atoms with Crippen LogP contribution in [0.3, 0.4) is 0 Å². The Morgan fingerprint density at radius 2 is 1.62 bits per heavy atom. The van der Waals surface area contributed by atoms with Crippen molar-refractivity contribution in [1.29, 1.82) is 0 Å². The van der Waals surface area contributed by atoms with Crippen LogP contribution in [0.15, 0.2) is 54.6 Å². The van der Waals surface area contributed by atoms with Crippen molar-refractivity contribution in [3.8, 4) is 11.5 Å². The first-order valence-corrected chi connectivity index (χ1v) is 10.1. The van der Waals surface area contributed by atoms with Gasteiger partial charge in [-0.05, 0) is 37.1 Å². The summed E-state index contributed by atoms with van der Waals surface area (Å²) < 4.78 is 16.5. The van der Waals surface area contributed by atoms with E-state index in [9.17, 15) is 9.59 Å². The molecule has 6 heteroatoms. The molecule has 2 aliphatic rings. The fraction of sp³-hybridized carbons (Fsp3) is 0.391. The third-order valence-corrected chi connectivity index (χ3v) is 5.35. The van der Waals surface area contributed by atoms with Gasteiger partial charge in [0, 0.05) is 11.7 Å². The quantitative estimate of drug-likeness (QED) is 0.722. The zero-order valence-corrected chi connectivity index (χ0v) is 16.3. The number of rotatable bonds is 5. The third-order valence-electron chi connectivity index (χ3n) is 5.35. The first-order valence-electron chi connectivity index (χ1n) is 10.1. The molecular weight excluding hydrogens is 370 g/mol. The Morgan fingerprint density at radius 3 is 2.38 bits per heavy atom. The van der Waals surface area contributed by atoms with Crippen LogP contribution in [0.5, 0.6) is 11.5 Å². The highest BCUT2D eigenvalue weighted by Crippen LogP contribution is 2.31. The molecule has 1 aliphatic heterocycles. The first kappa shape index (κ1) is 19.3. The second-order valence-corrected chi connectivity index (χ2v) is 7.36. The minimum Gasteiger partial charge on any atom is -0.485 e. The van der Waals surface area contributed by atoms with Crippen LogP contribution in [-0.4, -0.2) is 37.2 Å². The van der Waals surface area contributed by atoms with Crippen molar-refractivity contribution in [3.05, 3.63) is 54.6 Å². The highest BCUT2D eigenvalue weighted by atomic mass is 16.6. The van der Waals surface area contributed by atoms with Gasteiger partial charge in [-0.25, -0.2) is 4.79 Å². The van der Waals surface area contributed by atoms with E-state index in [1.807, 2.05) is 36.4 Å². The Labute approximate surface area is 170 Å². The summed E-state index contributed by atoms with van der Waals surface area (Å²) in [5, 5.41) is 0. The Hall–Kier alpha value is -3.02. The van der Waals surface area contributed by atoms with Crippen LogP contribution in [0, 0.1) is 0 Å². The van der Waals surface area contributed by atoms with Crippen molar-refractivity contribution in [2.75, 3.05) is 18.1 Å². The highest BCUT2D eigenvalue weighted by molar-refractivity contribution is 5.96. The SMILES string of the molecule is O=C(OCC(=O)N(c1ccccc1)C1CCCCC1)C1COc2ccccc2O1. The number of fused-ring (bicyclic) bond motifs is 1. The van der Waals surface area contributed by atoms with Crippen LogP contribution in [-0.2, 0) is 14.3 Å². The number of para-hydroxylation sites is 3. The third kappa shape index (κ3) is 4.53. The molecule has 0 saturated heterocycles. The van der Waals surface area contributed by atoms with Crippen molar-refractivity contribution in [2.24, 2.45) is 0 Å². The predicted molar refractivity (Wildman–Crippen MR) is 108 cm³/mol. The molecule has 152 valence electrons. The summed E-state index contributed by atoms with van der Waals surface area (Å²) in [6, 6.07) is 16.9. The van der Waals surface area contributed by atoms with Crippen LogP contribution in [0.2, 0.25) is 0 Å². The number of carbonyl (C=O) groups excluding carboxylic acids is 2. The zero-order chi connectivity index (χ0) is 20.1. The van der Waals surface area contributed by atoms with E-state index in [2.05, 4.69) is 0 Å². The number of amides is 1. The molecule has 0 radical (unpaired) electrons. The lowest BCUT2D eigenvalue weighted by molar-refractivity contribution is -0.157. The number of ether oxygens (including phenoxy) is 3. The summed E-state index contributed by atoms with van der Waals surface area (Å²) >= 11 is 0. The maximum atomic E-state index is 13.0. The Kier molecular flexibility index (Phi) is 5.98. The van der Waals surface area contributed by atoms with Crippen LogP contribution < -0.4 is 14.4 Å². The molecule has 0 N–H and O–H groups in total. The van der Waals surface area contributed by atoms with Crippen LogP contribution in [0.1, 0.15) is 32.1 Å². The predicted octanol–water partition coefficient (Wildman–Crippen LogP) is 3.74. The molecule has 1 amide bonds. The van der Waals surface area contributed by atoms with Crippen molar-refractivity contribution in [1.82, 2.24) is 0 Å². The van der Waals surface area contributed by atoms with Gasteiger partial charge in [0.15, 0.2) is 18.1 Å². The topological polar surface area (TPSA) is 65.1 Å². The summed E-state index contributed by atoms with van der Waals surface area (Å²) in [6.45, 7) is -0.249. The van der Waals surface area contributed by atoms with Crippen molar-refractivity contribution < 1.29 is 23.8 Å². The fourth-order valence-corrected chi connectivity index (χ4v) is 3.92. The molecule has 4 rings (SSSR count). The van der Waals surface area contributed by atoms with Crippen LogP contribution in [0.25, 0.3) is 0 Å². The average molecular weight is 395 g/mol. The molecule has 0 spiro atoms. The molecule has 2 aromatic rings. The molecular formula is C23H25NO5. The standard InChI is InChI=1S/C23H25NO5/c25-22(24(17-9-3-1-4-10-17)18-11-5-2-6-12-18)16-28-23(26)21-15-27-19-13-7-8-14-20(19)29-21/h1,3-4,7-10,13-14,18,21H,2,5-6,11-12,15-16H2. The van der Waals surface area contributed by atoms with E-state index < -0.39 is 12.1 Å². The summed E-state index contributed by atoms with van der Waals surface area (Å²) in [5.74, 6) is 0.290. The fourth-order valence-electron chi connectivity index (χ4n) is 3.92. The zero-order valence-electron chi connectivity index (χ0n) is 16.3. The summed E-state index contributed by atoms with van der Waals surface area (Å²) in [5.41, 5.74) is 0.839. The van der Waals surface area contributed by atoms with E-state index in [-0.39, 0.29) is 25.2 Å². The van der Waals surface area contributed by atoms with E-state index in [0.717, 1.165) is 31.4 Å². The minimum absolute atomic E-state index is 0.0645. The van der Waals surface area contributed by atoms with Gasteiger partial charge in [0.1, 0.15) is 6.61 Å². The molecule has 0 aromatic heterocycles. The van der Waals surface area contributed by atoms with E-state index in [4.69, 9.17) is 14.2 Å². The van der Waals surface area contributed by atoms with Crippen LogP contribution in [0.4, 0.5) is 5.69 Å². The number of benzene rings is 2. The Morgan fingerprint density at radius 1 is 0.931 bits per heavy atom. The molecule has 0 bridgehead atoms. The van der Waals surface area contributed by atoms with Gasteiger partial charge in [0.25, 0.3) is 5.91 Å². The van der Waals surface area contributed by atoms with E-state index >= 15 is 0 Å². The molecule has 29 heavy (non-hydrogen) atoms. The molecule has 1 aliphatic carbocycles. The second kappa shape index (κ2) is 8.99. The number of nitrogens with zero attached hydrogens (tertiary/aromatic N) is 1. The number of carbonyl (C=O) groups is 2. The summed E-state index contributed by atoms with van der Waals surface area (Å²) in [7, 11) is 0. The summed E-state index contributed by atoms with van der Waals surface area (Å²) in [6.07, 6.45) is 4.46.